The van der Waals surface area contributed by atoms with Crippen LogP contribution in [0.3, 0.4) is 0 Å². The van der Waals surface area contributed by atoms with Crippen LogP contribution in [0.25, 0.3) is 0 Å². The number of nitrogens with two attached hydrogens (primary N) is 1. The lowest BCUT2D eigenvalue weighted by atomic mass is 9.94. The van der Waals surface area contributed by atoms with Gasteiger partial charge in [-0.1, -0.05) is 0 Å². The third-order valence-electron chi connectivity index (χ3n) is 3.10. The van der Waals surface area contributed by atoms with Crippen LogP contribution in [0.5, 0.6) is 0 Å². The first-order valence-corrected chi connectivity index (χ1v) is 5.09. The first-order valence-electron chi connectivity index (χ1n) is 5.09. The maximum Gasteiger partial charge on any atom is 0.433 e. The van der Waals surface area contributed by atoms with E-state index in [1.54, 1.807) is 0 Å². The van der Waals surface area contributed by atoms with Crippen molar-refractivity contribution in [2.45, 2.75) is 24.3 Å². The molecule has 2 rings (SSSR count). The van der Waals surface area contributed by atoms with Crippen molar-refractivity contribution < 1.29 is 18.9 Å². The Labute approximate surface area is 96.7 Å². The molecule has 7 nitrogen and oxygen atoms in total. The maximum atomic E-state index is 11.4. The number of esters is 1. The number of hydrogen-bond donors (Lipinski definition) is 1. The van der Waals surface area contributed by atoms with Crippen LogP contribution in [-0.4, -0.2) is 24.0 Å². The van der Waals surface area contributed by atoms with Gasteiger partial charge in [0.05, 0.1) is 18.6 Å². The Hall–Kier alpha value is -1.89. The molecule has 0 radical (unpaired) electrons. The zero-order valence-electron chi connectivity index (χ0n) is 9.21. The fraction of sp³-hybridized carbons (Fsp3) is 0.500. The summed E-state index contributed by atoms with van der Waals surface area (Å²) in [6.45, 7) is 0. The monoisotopic (exact) mass is 240 g/mol. The summed E-state index contributed by atoms with van der Waals surface area (Å²) < 4.78 is 9.68. The minimum absolute atomic E-state index is 0.344. The maximum absolute atomic E-state index is 11.4. The summed E-state index contributed by atoms with van der Waals surface area (Å²) in [5, 5.41) is 10.5. The number of nitro groups is 1. The fourth-order valence-corrected chi connectivity index (χ4v) is 1.89. The second-order valence-electron chi connectivity index (χ2n) is 4.05. The van der Waals surface area contributed by atoms with Crippen LogP contribution in [0.4, 0.5) is 5.88 Å². The molecule has 1 saturated carbocycles. The average Bonchev–Trinajstić information content (AvgIpc) is 2.97. The molecule has 1 heterocycles. The molecule has 2 N–H and O–H groups in total. The van der Waals surface area contributed by atoms with Crippen molar-refractivity contribution in [1.29, 1.82) is 0 Å². The summed E-state index contributed by atoms with van der Waals surface area (Å²) in [6.07, 6.45) is 1.32. The molecule has 92 valence electrons. The summed E-state index contributed by atoms with van der Waals surface area (Å²) >= 11 is 0. The second kappa shape index (κ2) is 3.85. The van der Waals surface area contributed by atoms with Gasteiger partial charge in [-0.05, 0) is 18.9 Å². The first-order chi connectivity index (χ1) is 8.01. The van der Waals surface area contributed by atoms with Gasteiger partial charge in [-0.3, -0.25) is 14.9 Å². The molecule has 0 aromatic carbocycles. The van der Waals surface area contributed by atoms with Crippen LogP contribution >= 0.6 is 0 Å². The number of methoxy groups -OCH3 is 1. The third-order valence-corrected chi connectivity index (χ3v) is 3.10. The largest absolute Gasteiger partial charge is 0.468 e. The predicted octanol–water partition coefficient (Wildman–Crippen LogP) is 0.720. The molecule has 1 aromatic heterocycles. The molecule has 0 bridgehead atoms. The van der Waals surface area contributed by atoms with E-state index in [0.717, 1.165) is 0 Å². The zero-order valence-corrected chi connectivity index (χ0v) is 9.21. The molecule has 0 spiro atoms. The van der Waals surface area contributed by atoms with E-state index in [1.165, 1.54) is 19.2 Å². The summed E-state index contributed by atoms with van der Waals surface area (Å²) in [5.41, 5.74) is 5.14. The van der Waals surface area contributed by atoms with Gasteiger partial charge in [-0.2, -0.15) is 0 Å². The summed E-state index contributed by atoms with van der Waals surface area (Å²) in [5.74, 6) is -0.507. The number of nitrogens with zero attached hydrogens (tertiary/aromatic N) is 1. The van der Waals surface area contributed by atoms with Crippen LogP contribution < -0.4 is 5.73 Å². The van der Waals surface area contributed by atoms with Gasteiger partial charge in [0.25, 0.3) is 0 Å². The van der Waals surface area contributed by atoms with E-state index in [2.05, 4.69) is 4.74 Å². The topological polar surface area (TPSA) is 109 Å². The Morgan fingerprint density at radius 2 is 2.29 bits per heavy atom. The highest BCUT2D eigenvalue weighted by atomic mass is 16.6. The molecule has 1 fully saturated rings. The van der Waals surface area contributed by atoms with Crippen molar-refractivity contribution in [3.8, 4) is 0 Å². The lowest BCUT2D eigenvalue weighted by molar-refractivity contribution is -0.402. The lowest BCUT2D eigenvalue weighted by Gasteiger charge is -2.18. The van der Waals surface area contributed by atoms with E-state index >= 15 is 0 Å². The van der Waals surface area contributed by atoms with Crippen molar-refractivity contribution in [2.24, 2.45) is 5.73 Å². The molecule has 1 aromatic rings. The summed E-state index contributed by atoms with van der Waals surface area (Å²) in [7, 11) is 1.25. The van der Waals surface area contributed by atoms with Crippen LogP contribution in [0.2, 0.25) is 0 Å². The number of furan rings is 1. The van der Waals surface area contributed by atoms with Crippen molar-refractivity contribution >= 4 is 11.9 Å². The minimum atomic E-state index is -0.849. The van der Waals surface area contributed by atoms with Crippen LogP contribution in [0, 0.1) is 10.1 Å². The Morgan fingerprint density at radius 3 is 2.71 bits per heavy atom. The van der Waals surface area contributed by atoms with E-state index in [0.29, 0.717) is 18.6 Å². The Balaban J connectivity index is 2.26. The molecular formula is C10H12N2O5. The number of hydrogen-bond acceptors (Lipinski definition) is 6. The highest BCUT2D eigenvalue weighted by Gasteiger charge is 2.55. The number of carbonyl (C=O) groups excluding carboxylic acids is 1. The smallest absolute Gasteiger partial charge is 0.433 e. The van der Waals surface area contributed by atoms with Gasteiger partial charge in [-0.15, -0.1) is 0 Å². The molecule has 1 aliphatic carbocycles. The van der Waals surface area contributed by atoms with Crippen LogP contribution in [0.15, 0.2) is 16.5 Å². The van der Waals surface area contributed by atoms with E-state index < -0.39 is 22.3 Å². The Kier molecular flexibility index (Phi) is 2.62. The number of rotatable bonds is 4. The third kappa shape index (κ3) is 1.78. The molecular weight excluding hydrogens is 228 g/mol. The predicted molar refractivity (Wildman–Crippen MR) is 56.3 cm³/mol. The van der Waals surface area contributed by atoms with E-state index in [9.17, 15) is 14.9 Å². The molecule has 17 heavy (non-hydrogen) atoms. The normalized spacial score (nSPS) is 18.5. The molecule has 0 aliphatic heterocycles. The first kappa shape index (κ1) is 11.6. The molecule has 0 amide bonds. The minimum Gasteiger partial charge on any atom is -0.468 e. The molecule has 1 aliphatic rings. The van der Waals surface area contributed by atoms with Crippen LogP contribution in [0.1, 0.15) is 18.6 Å². The quantitative estimate of drug-likeness (QED) is 0.471. The molecule has 7 heteroatoms. The van der Waals surface area contributed by atoms with Crippen molar-refractivity contribution in [3.63, 3.8) is 0 Å². The second-order valence-corrected chi connectivity index (χ2v) is 4.05. The van der Waals surface area contributed by atoms with Gasteiger partial charge in [0, 0.05) is 0 Å². The van der Waals surface area contributed by atoms with E-state index in [-0.39, 0.29) is 5.88 Å². The lowest BCUT2D eigenvalue weighted by Crippen LogP contribution is -2.42. The molecule has 1 atom stereocenters. The standard InChI is InChI=1S/C10H12N2O5/c1-16-9(13)8(11)10(4-5-10)6-2-3-7(17-6)12(14)15/h2-3,8H,4-5,11H2,1H3. The van der Waals surface area contributed by atoms with Gasteiger partial charge in [0.1, 0.15) is 16.7 Å². The SMILES string of the molecule is COC(=O)C(N)C1(c2ccc([N+](=O)[O-])o2)CC1. The number of carbonyl (C=O) groups is 1. The van der Waals surface area contributed by atoms with Gasteiger partial charge in [0.2, 0.25) is 0 Å². The average molecular weight is 240 g/mol. The van der Waals surface area contributed by atoms with Crippen molar-refractivity contribution in [2.75, 3.05) is 7.11 Å². The molecule has 0 saturated heterocycles. The van der Waals surface area contributed by atoms with Gasteiger partial charge in [0.15, 0.2) is 0 Å². The Bertz CT molecular complexity index is 463. The van der Waals surface area contributed by atoms with Gasteiger partial charge >= 0.3 is 11.9 Å². The Morgan fingerprint density at radius 1 is 1.65 bits per heavy atom. The molecule has 1 unspecified atom stereocenters. The van der Waals surface area contributed by atoms with E-state index in [1.807, 2.05) is 0 Å². The van der Waals surface area contributed by atoms with Crippen molar-refractivity contribution in [3.05, 3.63) is 28.0 Å². The van der Waals surface area contributed by atoms with Gasteiger partial charge in [-0.25, -0.2) is 0 Å². The zero-order chi connectivity index (χ0) is 12.6. The highest BCUT2D eigenvalue weighted by molar-refractivity contribution is 5.78. The van der Waals surface area contributed by atoms with E-state index in [4.69, 9.17) is 10.2 Å². The fourth-order valence-electron chi connectivity index (χ4n) is 1.89. The summed E-state index contributed by atoms with van der Waals surface area (Å²) in [4.78, 5) is 21.3. The highest BCUT2D eigenvalue weighted by Crippen LogP contribution is 2.51. The van der Waals surface area contributed by atoms with Crippen LogP contribution in [-0.2, 0) is 14.9 Å². The van der Waals surface area contributed by atoms with Crippen molar-refractivity contribution in [1.82, 2.24) is 0 Å². The number of ether oxygens (including phenoxy) is 1. The summed E-state index contributed by atoms with van der Waals surface area (Å²) in [6, 6.07) is 1.91. The van der Waals surface area contributed by atoms with Gasteiger partial charge < -0.3 is 14.9 Å².